The first-order valence-corrected chi connectivity index (χ1v) is 14.5. The highest BCUT2D eigenvalue weighted by Crippen LogP contribution is 2.54. The van der Waals surface area contributed by atoms with E-state index in [1.54, 1.807) is 11.3 Å². The predicted octanol–water partition coefficient (Wildman–Crippen LogP) is 3.89. The van der Waals surface area contributed by atoms with Gasteiger partial charge in [-0.05, 0) is 70.4 Å². The van der Waals surface area contributed by atoms with Crippen LogP contribution >= 0.6 is 11.3 Å². The fourth-order valence-corrected chi connectivity index (χ4v) is 8.12. The van der Waals surface area contributed by atoms with Crippen LogP contribution in [-0.4, -0.2) is 63.5 Å². The number of anilines is 2. The van der Waals surface area contributed by atoms with Gasteiger partial charge in [-0.3, -0.25) is 4.90 Å². The van der Waals surface area contributed by atoms with Crippen LogP contribution in [0.1, 0.15) is 73.2 Å². The van der Waals surface area contributed by atoms with Gasteiger partial charge in [0, 0.05) is 54.3 Å². The number of aliphatic hydroxyl groups is 1. The van der Waals surface area contributed by atoms with E-state index in [1.165, 1.54) is 4.88 Å². The average molecular weight is 534 g/mol. The third-order valence-electron chi connectivity index (χ3n) is 8.46. The molecule has 0 amide bonds. The molecule has 1 aliphatic heterocycles. The third-order valence-corrected chi connectivity index (χ3v) is 9.54. The maximum atomic E-state index is 9.96. The molecule has 4 heterocycles. The molecule has 3 atom stereocenters. The van der Waals surface area contributed by atoms with Crippen molar-refractivity contribution in [2.24, 2.45) is 0 Å². The molecule has 0 saturated carbocycles. The van der Waals surface area contributed by atoms with E-state index < -0.39 is 0 Å². The first-order chi connectivity index (χ1) is 18.4. The fraction of sp³-hybridized carbons (Fsp3) is 0.571. The second kappa shape index (κ2) is 9.95. The number of aromatic nitrogens is 3. The number of nitrogens with two attached hydrogens (primary N) is 1. The van der Waals surface area contributed by atoms with Crippen LogP contribution in [0.4, 0.5) is 10.9 Å². The number of thiophene rings is 1. The molecule has 0 bridgehead atoms. The number of nitrogen functional groups attached to an aromatic ring is 1. The van der Waals surface area contributed by atoms with Gasteiger partial charge >= 0.3 is 0 Å². The molecule has 9 nitrogen and oxygen atoms in total. The van der Waals surface area contributed by atoms with Crippen LogP contribution in [0.25, 0.3) is 11.5 Å². The molecule has 0 unspecified atom stereocenters. The SMILES string of the molecule is C[C@@H](O)CN1CCCN(c2nccc(-c3onc4c3CCC[C@@]43CCCc4sc(N)c(C#N)c43)n2)[C@@H](C)C1. The second-order valence-electron chi connectivity index (χ2n) is 11.1. The average Bonchev–Trinajstić information content (AvgIpc) is 3.42. The molecule has 3 aromatic rings. The Balaban J connectivity index is 1.35. The van der Waals surface area contributed by atoms with Crippen LogP contribution in [0, 0.1) is 11.3 Å². The Morgan fingerprint density at radius 3 is 2.89 bits per heavy atom. The van der Waals surface area contributed by atoms with Crippen molar-refractivity contribution in [3.63, 3.8) is 0 Å². The molecule has 1 saturated heterocycles. The zero-order valence-electron chi connectivity index (χ0n) is 22.1. The summed E-state index contributed by atoms with van der Waals surface area (Å²) in [7, 11) is 0. The summed E-state index contributed by atoms with van der Waals surface area (Å²) in [5, 5.41) is 25.1. The van der Waals surface area contributed by atoms with Gasteiger partial charge in [0.1, 0.15) is 16.8 Å². The van der Waals surface area contributed by atoms with Crippen LogP contribution in [0.2, 0.25) is 0 Å². The lowest BCUT2D eigenvalue weighted by Gasteiger charge is -2.39. The van der Waals surface area contributed by atoms with Crippen molar-refractivity contribution in [2.75, 3.05) is 36.8 Å². The largest absolute Gasteiger partial charge is 0.392 e. The topological polar surface area (TPSA) is 128 Å². The third kappa shape index (κ3) is 4.17. The number of hydrogen-bond acceptors (Lipinski definition) is 10. The van der Waals surface area contributed by atoms with E-state index >= 15 is 0 Å². The molecule has 3 N–H and O–H groups in total. The fourth-order valence-electron chi connectivity index (χ4n) is 6.96. The number of fused-ring (bicyclic) bond motifs is 4. The molecule has 0 radical (unpaired) electrons. The Labute approximate surface area is 227 Å². The molecule has 1 spiro atoms. The molecule has 3 aromatic heterocycles. The molecule has 38 heavy (non-hydrogen) atoms. The van der Waals surface area contributed by atoms with Gasteiger partial charge in [-0.2, -0.15) is 5.26 Å². The Kier molecular flexibility index (Phi) is 6.62. The maximum Gasteiger partial charge on any atom is 0.226 e. The minimum Gasteiger partial charge on any atom is -0.392 e. The monoisotopic (exact) mass is 533 g/mol. The highest BCUT2D eigenvalue weighted by Gasteiger charge is 2.48. The van der Waals surface area contributed by atoms with Crippen molar-refractivity contribution in [2.45, 2.75) is 76.4 Å². The summed E-state index contributed by atoms with van der Waals surface area (Å²) in [5.74, 6) is 1.41. The highest BCUT2D eigenvalue weighted by atomic mass is 32.1. The van der Waals surface area contributed by atoms with Crippen LogP contribution in [0.3, 0.4) is 0 Å². The van der Waals surface area contributed by atoms with E-state index in [0.717, 1.165) is 92.9 Å². The van der Waals surface area contributed by atoms with Crippen LogP contribution in [0.15, 0.2) is 16.8 Å². The number of nitriles is 1. The van der Waals surface area contributed by atoms with E-state index in [4.69, 9.17) is 15.2 Å². The molecule has 10 heteroatoms. The number of rotatable bonds is 4. The number of hydrogen-bond donors (Lipinski definition) is 2. The zero-order chi connectivity index (χ0) is 26.4. The summed E-state index contributed by atoms with van der Waals surface area (Å²) >= 11 is 1.56. The van der Waals surface area contributed by atoms with Crippen LogP contribution < -0.4 is 10.6 Å². The minimum atomic E-state index is -0.343. The lowest BCUT2D eigenvalue weighted by Crippen LogP contribution is -2.41. The summed E-state index contributed by atoms with van der Waals surface area (Å²) in [5.41, 5.74) is 10.5. The quantitative estimate of drug-likeness (QED) is 0.513. The Hall–Kier alpha value is -3.00. The molecular weight excluding hydrogens is 498 g/mol. The molecule has 1 fully saturated rings. The molecule has 0 aromatic carbocycles. The van der Waals surface area contributed by atoms with Crippen molar-refractivity contribution >= 4 is 22.3 Å². The summed E-state index contributed by atoms with van der Waals surface area (Å²) in [6.07, 6.45) is 8.24. The van der Waals surface area contributed by atoms with Gasteiger partial charge in [0.15, 0.2) is 5.76 Å². The number of β-amino-alcohol motifs (C(OH)–C–C–N with tert-alkyl or cyclic N) is 1. The van der Waals surface area contributed by atoms with E-state index in [1.807, 2.05) is 19.2 Å². The molecule has 2 aliphatic carbocycles. The Morgan fingerprint density at radius 1 is 1.29 bits per heavy atom. The smallest absolute Gasteiger partial charge is 0.226 e. The normalized spacial score (nSPS) is 24.5. The lowest BCUT2D eigenvalue weighted by molar-refractivity contribution is 0.127. The predicted molar refractivity (Wildman–Crippen MR) is 147 cm³/mol. The second-order valence-corrected chi connectivity index (χ2v) is 12.3. The van der Waals surface area contributed by atoms with Gasteiger partial charge in [-0.15, -0.1) is 11.3 Å². The van der Waals surface area contributed by atoms with Crippen molar-refractivity contribution in [3.05, 3.63) is 39.5 Å². The van der Waals surface area contributed by atoms with E-state index in [9.17, 15) is 10.4 Å². The van der Waals surface area contributed by atoms with E-state index in [0.29, 0.717) is 23.1 Å². The van der Waals surface area contributed by atoms with Crippen molar-refractivity contribution in [3.8, 4) is 17.5 Å². The van der Waals surface area contributed by atoms with Gasteiger partial charge in [0.05, 0.1) is 17.4 Å². The number of nitrogens with zero attached hydrogens (tertiary/aromatic N) is 6. The van der Waals surface area contributed by atoms with Crippen LogP contribution in [-0.2, 0) is 18.3 Å². The lowest BCUT2D eigenvalue weighted by atomic mass is 9.62. The molecule has 3 aliphatic rings. The van der Waals surface area contributed by atoms with Gasteiger partial charge in [-0.25, -0.2) is 9.97 Å². The minimum absolute atomic E-state index is 0.215. The summed E-state index contributed by atoms with van der Waals surface area (Å²) in [6, 6.07) is 4.52. The summed E-state index contributed by atoms with van der Waals surface area (Å²) in [6.45, 7) is 7.37. The molecule has 200 valence electrons. The summed E-state index contributed by atoms with van der Waals surface area (Å²) in [4.78, 5) is 15.4. The van der Waals surface area contributed by atoms with Crippen LogP contribution in [0.5, 0.6) is 0 Å². The van der Waals surface area contributed by atoms with Gasteiger partial charge < -0.3 is 20.3 Å². The maximum absolute atomic E-state index is 9.96. The van der Waals surface area contributed by atoms with E-state index in [-0.39, 0.29) is 17.6 Å². The van der Waals surface area contributed by atoms with Gasteiger partial charge in [0.2, 0.25) is 5.95 Å². The molecular formula is C28H35N7O2S. The standard InChI is InChI=1S/C28H35N7O2S/c1-17-15-34(16-18(2)36)12-5-13-35(17)27-31-11-8-21(32-27)24-19-6-3-9-28(25(19)33-37-24)10-4-7-22-23(28)20(14-29)26(30)38-22/h8,11,17-18,36H,3-7,9-10,12-13,15-16,30H2,1-2H3/t17-,18+,28-/m0/s1. The van der Waals surface area contributed by atoms with Crippen molar-refractivity contribution in [1.82, 2.24) is 20.0 Å². The zero-order valence-corrected chi connectivity index (χ0v) is 22.9. The highest BCUT2D eigenvalue weighted by molar-refractivity contribution is 7.16. The van der Waals surface area contributed by atoms with Crippen molar-refractivity contribution in [1.29, 1.82) is 5.26 Å². The number of aryl methyl sites for hydroxylation is 1. The Morgan fingerprint density at radius 2 is 2.11 bits per heavy atom. The van der Waals surface area contributed by atoms with Crippen molar-refractivity contribution < 1.29 is 9.63 Å². The Bertz CT molecular complexity index is 1370. The first kappa shape index (κ1) is 25.3. The summed E-state index contributed by atoms with van der Waals surface area (Å²) < 4.78 is 6.08. The van der Waals surface area contributed by atoms with Gasteiger partial charge in [0.25, 0.3) is 0 Å². The van der Waals surface area contributed by atoms with Gasteiger partial charge in [-0.1, -0.05) is 5.16 Å². The number of aliphatic hydroxyl groups excluding tert-OH is 1. The molecule has 6 rings (SSSR count). The first-order valence-electron chi connectivity index (χ1n) is 13.7. The van der Waals surface area contributed by atoms with E-state index in [2.05, 4.69) is 32.9 Å².